The Hall–Kier alpha value is -2.62. The topological polar surface area (TPSA) is 52.1 Å². The van der Waals surface area contributed by atoms with Crippen molar-refractivity contribution in [1.29, 1.82) is 0 Å². The van der Waals surface area contributed by atoms with Crippen LogP contribution >= 0.6 is 0 Å². The first-order valence-electron chi connectivity index (χ1n) is 5.45. The van der Waals surface area contributed by atoms with E-state index in [0.29, 0.717) is 11.2 Å². The van der Waals surface area contributed by atoms with Crippen molar-refractivity contribution in [3.63, 3.8) is 0 Å². The summed E-state index contributed by atoms with van der Waals surface area (Å²) in [6.07, 6.45) is 5.02. The maximum atomic E-state index is 5.32. The lowest BCUT2D eigenvalue weighted by Gasteiger charge is -2.01. The second-order valence-electron chi connectivity index (χ2n) is 3.92. The first kappa shape index (κ1) is 9.41. The summed E-state index contributed by atoms with van der Waals surface area (Å²) >= 11 is 0. The summed E-state index contributed by atoms with van der Waals surface area (Å²) in [6.45, 7) is 0. The molecule has 2 radical (unpaired) electrons. The largest absolute Gasteiger partial charge is 0.432 e. The maximum absolute atomic E-state index is 5.32. The van der Waals surface area contributed by atoms with Gasteiger partial charge in [0.15, 0.2) is 11.2 Å². The zero-order valence-corrected chi connectivity index (χ0v) is 9.18. The molecule has 4 rings (SSSR count). The van der Waals surface area contributed by atoms with Gasteiger partial charge in [-0.1, -0.05) is 24.3 Å². The molecule has 4 nitrogen and oxygen atoms in total. The van der Waals surface area contributed by atoms with Gasteiger partial charge in [0.05, 0.1) is 0 Å². The van der Waals surface area contributed by atoms with E-state index in [-0.39, 0.29) is 0 Å². The highest BCUT2D eigenvalue weighted by atomic mass is 16.3. The maximum Gasteiger partial charge on any atom is 0.284 e. The molecule has 0 atom stereocenters. The van der Waals surface area contributed by atoms with Crippen LogP contribution in [-0.2, 0) is 0 Å². The molecule has 4 aromatic rings. The number of rotatable bonds is 1. The van der Waals surface area contributed by atoms with E-state index in [9.17, 15) is 0 Å². The summed E-state index contributed by atoms with van der Waals surface area (Å²) in [6, 6.07) is 11.5. The van der Waals surface area contributed by atoms with Gasteiger partial charge in [0.2, 0.25) is 0 Å². The standard InChI is InChI=1S/C14H6N2O2/c1-3-9(13-11(5-1)15-7-17-13)10-4-2-6-12-14(10)18-8-16-12/h1-6H. The summed E-state index contributed by atoms with van der Waals surface area (Å²) in [7, 11) is 0. The molecule has 0 saturated heterocycles. The third kappa shape index (κ3) is 1.20. The lowest BCUT2D eigenvalue weighted by molar-refractivity contribution is 0.588. The van der Waals surface area contributed by atoms with Crippen LogP contribution in [0.3, 0.4) is 0 Å². The lowest BCUT2D eigenvalue weighted by Crippen LogP contribution is -1.80. The van der Waals surface area contributed by atoms with Gasteiger partial charge in [-0.3, -0.25) is 0 Å². The Morgan fingerprint density at radius 3 is 1.72 bits per heavy atom. The SMILES string of the molecule is [c]1nc2cccc(-c3cccc4n[c]oc34)c2o1. The molecular weight excluding hydrogens is 228 g/mol. The molecule has 0 amide bonds. The fourth-order valence-electron chi connectivity index (χ4n) is 2.10. The molecule has 0 unspecified atom stereocenters. The van der Waals surface area contributed by atoms with Crippen LogP contribution in [0.1, 0.15) is 0 Å². The number of aromatic nitrogens is 2. The first-order valence-corrected chi connectivity index (χ1v) is 5.45. The summed E-state index contributed by atoms with van der Waals surface area (Å²) in [4.78, 5) is 8.05. The Labute approximate surface area is 102 Å². The van der Waals surface area contributed by atoms with Gasteiger partial charge in [0, 0.05) is 11.1 Å². The van der Waals surface area contributed by atoms with E-state index in [0.717, 1.165) is 22.2 Å². The van der Waals surface area contributed by atoms with Crippen molar-refractivity contribution in [2.24, 2.45) is 0 Å². The number of hydrogen-bond acceptors (Lipinski definition) is 4. The minimum Gasteiger partial charge on any atom is -0.432 e. The highest BCUT2D eigenvalue weighted by molar-refractivity contribution is 5.98. The molecular formula is C14H6N2O2. The van der Waals surface area contributed by atoms with Crippen molar-refractivity contribution in [3.8, 4) is 11.1 Å². The molecule has 0 aliphatic heterocycles. The van der Waals surface area contributed by atoms with Gasteiger partial charge in [0.25, 0.3) is 12.8 Å². The summed E-state index contributed by atoms with van der Waals surface area (Å²) < 4.78 is 10.6. The Morgan fingerprint density at radius 2 is 1.22 bits per heavy atom. The molecule has 0 aliphatic rings. The van der Waals surface area contributed by atoms with Crippen LogP contribution in [0.5, 0.6) is 0 Å². The average Bonchev–Trinajstić information content (AvgIpc) is 3.06. The Bertz CT molecular complexity index is 773. The van der Waals surface area contributed by atoms with Crippen molar-refractivity contribution in [2.45, 2.75) is 0 Å². The molecule has 0 spiro atoms. The van der Waals surface area contributed by atoms with Crippen molar-refractivity contribution in [2.75, 3.05) is 0 Å². The smallest absolute Gasteiger partial charge is 0.284 e. The quantitative estimate of drug-likeness (QED) is 0.507. The predicted molar refractivity (Wildman–Crippen MR) is 64.7 cm³/mol. The van der Waals surface area contributed by atoms with Gasteiger partial charge in [0.1, 0.15) is 11.0 Å². The third-order valence-corrected chi connectivity index (χ3v) is 2.91. The Balaban J connectivity index is 2.13. The van der Waals surface area contributed by atoms with Crippen LogP contribution in [-0.4, -0.2) is 9.97 Å². The third-order valence-electron chi connectivity index (χ3n) is 2.91. The van der Waals surface area contributed by atoms with Gasteiger partial charge in [-0.2, -0.15) is 0 Å². The minimum atomic E-state index is 0.696. The fraction of sp³-hybridized carbons (Fsp3) is 0. The van der Waals surface area contributed by atoms with Crippen LogP contribution in [0.4, 0.5) is 0 Å². The number of nitrogens with zero attached hydrogens (tertiary/aromatic N) is 2. The normalized spacial score (nSPS) is 11.3. The molecule has 2 aromatic carbocycles. The minimum absolute atomic E-state index is 0.696. The second-order valence-corrected chi connectivity index (χ2v) is 3.92. The van der Waals surface area contributed by atoms with E-state index in [1.54, 1.807) is 0 Å². The molecule has 0 bridgehead atoms. The van der Waals surface area contributed by atoms with E-state index in [1.165, 1.54) is 0 Å². The fourth-order valence-corrected chi connectivity index (χ4v) is 2.10. The Kier molecular flexibility index (Phi) is 1.80. The first-order chi connectivity index (χ1) is 8.93. The van der Waals surface area contributed by atoms with Gasteiger partial charge in [-0.05, 0) is 12.1 Å². The van der Waals surface area contributed by atoms with Crippen LogP contribution in [0.15, 0.2) is 45.2 Å². The van der Waals surface area contributed by atoms with Gasteiger partial charge < -0.3 is 8.83 Å². The summed E-state index contributed by atoms with van der Waals surface area (Å²) in [5.74, 6) is 0. The van der Waals surface area contributed by atoms with E-state index in [1.807, 2.05) is 36.4 Å². The summed E-state index contributed by atoms with van der Waals surface area (Å²) in [5, 5.41) is 0. The zero-order valence-electron chi connectivity index (χ0n) is 9.18. The Morgan fingerprint density at radius 1 is 0.722 bits per heavy atom. The highest BCUT2D eigenvalue weighted by Gasteiger charge is 2.13. The van der Waals surface area contributed by atoms with Crippen LogP contribution in [0.25, 0.3) is 33.3 Å². The molecule has 2 heterocycles. The van der Waals surface area contributed by atoms with Crippen LogP contribution in [0, 0.1) is 12.8 Å². The number of para-hydroxylation sites is 2. The molecule has 0 aliphatic carbocycles. The van der Waals surface area contributed by atoms with Crippen LogP contribution in [0.2, 0.25) is 0 Å². The summed E-state index contributed by atoms with van der Waals surface area (Å²) in [5.41, 5.74) is 4.76. The lowest BCUT2D eigenvalue weighted by atomic mass is 10.0. The zero-order chi connectivity index (χ0) is 11.9. The van der Waals surface area contributed by atoms with Gasteiger partial charge >= 0.3 is 0 Å². The van der Waals surface area contributed by atoms with Crippen LogP contribution < -0.4 is 0 Å². The number of oxazole rings is 2. The number of benzene rings is 2. The van der Waals surface area contributed by atoms with E-state index in [2.05, 4.69) is 22.8 Å². The molecule has 2 aromatic heterocycles. The number of hydrogen-bond donors (Lipinski definition) is 0. The van der Waals surface area contributed by atoms with E-state index in [4.69, 9.17) is 8.83 Å². The predicted octanol–water partition coefficient (Wildman–Crippen LogP) is 3.24. The van der Waals surface area contributed by atoms with Crippen molar-refractivity contribution < 1.29 is 8.83 Å². The monoisotopic (exact) mass is 234 g/mol. The van der Waals surface area contributed by atoms with E-state index >= 15 is 0 Å². The second kappa shape index (κ2) is 3.43. The van der Waals surface area contributed by atoms with Crippen molar-refractivity contribution >= 4 is 22.2 Å². The molecule has 0 fully saturated rings. The van der Waals surface area contributed by atoms with Gasteiger partial charge in [-0.25, -0.2) is 9.97 Å². The average molecular weight is 234 g/mol. The number of fused-ring (bicyclic) bond motifs is 2. The molecule has 0 saturated carbocycles. The van der Waals surface area contributed by atoms with Crippen molar-refractivity contribution in [3.05, 3.63) is 49.2 Å². The molecule has 4 heteroatoms. The highest BCUT2D eigenvalue weighted by Crippen LogP contribution is 2.32. The van der Waals surface area contributed by atoms with Gasteiger partial charge in [-0.15, -0.1) is 0 Å². The van der Waals surface area contributed by atoms with Crippen molar-refractivity contribution in [1.82, 2.24) is 9.97 Å². The van der Waals surface area contributed by atoms with E-state index < -0.39 is 0 Å². The molecule has 84 valence electrons. The molecule has 18 heavy (non-hydrogen) atoms. The molecule has 0 N–H and O–H groups in total.